The van der Waals surface area contributed by atoms with Crippen LogP contribution in [-0.2, 0) is 21.0 Å². The molecule has 2 aromatic rings. The molecule has 5 nitrogen and oxygen atoms in total. The van der Waals surface area contributed by atoms with Crippen LogP contribution in [0.5, 0.6) is 0 Å². The number of alkyl halides is 3. The Morgan fingerprint density at radius 3 is 2.32 bits per heavy atom. The van der Waals surface area contributed by atoms with Gasteiger partial charge in [0.05, 0.1) is 31.9 Å². The van der Waals surface area contributed by atoms with Crippen LogP contribution in [0.2, 0.25) is 10.0 Å². The van der Waals surface area contributed by atoms with E-state index in [0.717, 1.165) is 12.1 Å². The van der Waals surface area contributed by atoms with Crippen molar-refractivity contribution < 1.29 is 26.4 Å². The van der Waals surface area contributed by atoms with Gasteiger partial charge in [-0.3, -0.25) is 9.52 Å². The Kier molecular flexibility index (Phi) is 5.53. The number of hydrogen-bond acceptors (Lipinski definition) is 3. The molecule has 28 heavy (non-hydrogen) atoms. The largest absolute Gasteiger partial charge is 0.417 e. The molecule has 1 N–H and O–H groups in total. The zero-order valence-corrected chi connectivity index (χ0v) is 16.4. The number of hydrogen-bond donors (Lipinski definition) is 1. The summed E-state index contributed by atoms with van der Waals surface area (Å²) in [4.78, 5) is 12.7. The first-order valence-electron chi connectivity index (χ1n) is 7.98. The van der Waals surface area contributed by atoms with Crippen LogP contribution in [0, 0.1) is 0 Å². The molecule has 0 spiro atoms. The predicted molar refractivity (Wildman–Crippen MR) is 100 cm³/mol. The average molecular weight is 453 g/mol. The van der Waals surface area contributed by atoms with E-state index >= 15 is 0 Å². The molecular formula is C17H13Cl2F3N2O3S. The van der Waals surface area contributed by atoms with Crippen LogP contribution in [0.1, 0.15) is 18.4 Å². The number of sulfonamides is 1. The zero-order valence-electron chi connectivity index (χ0n) is 14.1. The van der Waals surface area contributed by atoms with Crippen LogP contribution < -0.4 is 9.62 Å². The summed E-state index contributed by atoms with van der Waals surface area (Å²) in [6.45, 7) is 0.509. The molecule has 2 aromatic carbocycles. The van der Waals surface area contributed by atoms with Crippen molar-refractivity contribution in [1.29, 1.82) is 0 Å². The topological polar surface area (TPSA) is 66.5 Å². The maximum absolute atomic E-state index is 13.0. The third-order valence-electron chi connectivity index (χ3n) is 4.12. The first kappa shape index (κ1) is 20.8. The lowest BCUT2D eigenvalue weighted by atomic mass is 10.2. The van der Waals surface area contributed by atoms with Gasteiger partial charge >= 0.3 is 6.18 Å². The molecule has 0 aromatic heterocycles. The van der Waals surface area contributed by atoms with Gasteiger partial charge in [0.2, 0.25) is 5.91 Å². The number of rotatable bonds is 4. The van der Waals surface area contributed by atoms with Crippen molar-refractivity contribution in [2.45, 2.75) is 23.9 Å². The minimum atomic E-state index is -4.80. The van der Waals surface area contributed by atoms with Gasteiger partial charge in [0.15, 0.2) is 0 Å². The average Bonchev–Trinajstić information content (AvgIpc) is 2.99. The quantitative estimate of drug-likeness (QED) is 0.714. The minimum absolute atomic E-state index is 0.0453. The number of nitrogens with zero attached hydrogens (tertiary/aromatic N) is 1. The van der Waals surface area contributed by atoms with E-state index in [0.29, 0.717) is 31.1 Å². The number of anilines is 2. The van der Waals surface area contributed by atoms with Gasteiger partial charge in [-0.05, 0) is 42.8 Å². The summed E-state index contributed by atoms with van der Waals surface area (Å²) >= 11 is 11.7. The van der Waals surface area contributed by atoms with E-state index in [1.807, 2.05) is 0 Å². The third-order valence-corrected chi connectivity index (χ3v) is 6.13. The fourth-order valence-corrected chi connectivity index (χ4v) is 4.38. The van der Waals surface area contributed by atoms with Crippen molar-refractivity contribution in [3.8, 4) is 0 Å². The number of amides is 1. The Hall–Kier alpha value is -1.97. The van der Waals surface area contributed by atoms with Gasteiger partial charge in [-0.25, -0.2) is 8.42 Å². The number of benzene rings is 2. The lowest BCUT2D eigenvalue weighted by molar-refractivity contribution is -0.137. The first-order chi connectivity index (χ1) is 13.0. The second kappa shape index (κ2) is 7.46. The molecule has 11 heteroatoms. The van der Waals surface area contributed by atoms with E-state index in [4.69, 9.17) is 23.2 Å². The van der Waals surface area contributed by atoms with Crippen molar-refractivity contribution in [2.75, 3.05) is 16.2 Å². The molecule has 0 unspecified atom stereocenters. The van der Waals surface area contributed by atoms with E-state index in [1.54, 1.807) is 0 Å². The van der Waals surface area contributed by atoms with Crippen molar-refractivity contribution in [2.24, 2.45) is 0 Å². The predicted octanol–water partition coefficient (Wildman–Crippen LogP) is 4.94. The van der Waals surface area contributed by atoms with Gasteiger partial charge in [-0.15, -0.1) is 0 Å². The van der Waals surface area contributed by atoms with Gasteiger partial charge in [0, 0.05) is 13.0 Å². The monoisotopic (exact) mass is 452 g/mol. The molecule has 1 amide bonds. The normalized spacial score (nSPS) is 15.2. The van der Waals surface area contributed by atoms with E-state index in [1.165, 1.54) is 23.1 Å². The summed E-state index contributed by atoms with van der Waals surface area (Å²) in [6, 6.07) is 6.45. The van der Waals surface area contributed by atoms with E-state index in [2.05, 4.69) is 4.72 Å². The maximum Gasteiger partial charge on any atom is 0.417 e. The van der Waals surface area contributed by atoms with E-state index in [-0.39, 0.29) is 16.6 Å². The summed E-state index contributed by atoms with van der Waals surface area (Å²) in [5.41, 5.74) is -0.764. The Bertz CT molecular complexity index is 1040. The highest BCUT2D eigenvalue weighted by molar-refractivity contribution is 7.92. The molecule has 3 rings (SSSR count). The Morgan fingerprint density at radius 2 is 1.75 bits per heavy atom. The first-order valence-corrected chi connectivity index (χ1v) is 10.2. The van der Waals surface area contributed by atoms with Crippen LogP contribution >= 0.6 is 23.2 Å². The highest BCUT2D eigenvalue weighted by atomic mass is 35.5. The Labute approximate surface area is 169 Å². The Morgan fingerprint density at radius 1 is 1.04 bits per heavy atom. The molecule has 150 valence electrons. The molecule has 1 heterocycles. The maximum atomic E-state index is 13.0. The van der Waals surface area contributed by atoms with Crippen molar-refractivity contribution in [3.63, 3.8) is 0 Å². The van der Waals surface area contributed by atoms with E-state index in [9.17, 15) is 26.4 Å². The van der Waals surface area contributed by atoms with Crippen molar-refractivity contribution in [1.82, 2.24) is 0 Å². The fourth-order valence-electron chi connectivity index (χ4n) is 2.79. The van der Waals surface area contributed by atoms with Gasteiger partial charge in [0.1, 0.15) is 0 Å². The molecule has 1 aliphatic heterocycles. The van der Waals surface area contributed by atoms with Crippen LogP contribution in [0.25, 0.3) is 0 Å². The SMILES string of the molecule is O=C1CCCN1c1ccc(NS(=O)(=O)c2ccc(Cl)c(C(F)(F)F)c2)cc1Cl. The molecule has 1 fully saturated rings. The molecule has 0 bridgehead atoms. The molecule has 1 aliphatic rings. The number of carbonyl (C=O) groups excluding carboxylic acids is 1. The highest BCUT2D eigenvalue weighted by Gasteiger charge is 2.34. The Balaban J connectivity index is 1.89. The third kappa shape index (κ3) is 4.21. The summed E-state index contributed by atoms with van der Waals surface area (Å²) in [5, 5.41) is -0.461. The van der Waals surface area contributed by atoms with E-state index < -0.39 is 31.7 Å². The second-order valence-corrected chi connectivity index (χ2v) is 8.56. The molecular weight excluding hydrogens is 440 g/mol. The summed E-state index contributed by atoms with van der Waals surface area (Å²) in [5.74, 6) is -0.0870. The number of halogens is 5. The molecule has 0 atom stereocenters. The lowest BCUT2D eigenvalue weighted by Gasteiger charge is -2.18. The second-order valence-electron chi connectivity index (χ2n) is 6.06. The summed E-state index contributed by atoms with van der Waals surface area (Å²) in [7, 11) is -4.32. The lowest BCUT2D eigenvalue weighted by Crippen LogP contribution is -2.24. The van der Waals surface area contributed by atoms with Gasteiger partial charge < -0.3 is 4.90 Å². The molecule has 0 aliphatic carbocycles. The van der Waals surface area contributed by atoms with Gasteiger partial charge in [0.25, 0.3) is 10.0 Å². The van der Waals surface area contributed by atoms with Crippen molar-refractivity contribution >= 4 is 50.5 Å². The van der Waals surface area contributed by atoms with Gasteiger partial charge in [-0.1, -0.05) is 23.2 Å². The zero-order chi connectivity index (χ0) is 20.7. The summed E-state index contributed by atoms with van der Waals surface area (Å²) < 4.78 is 66.0. The number of nitrogens with one attached hydrogen (secondary N) is 1. The fraction of sp³-hybridized carbons (Fsp3) is 0.235. The van der Waals surface area contributed by atoms with Gasteiger partial charge in [-0.2, -0.15) is 13.2 Å². The summed E-state index contributed by atoms with van der Waals surface area (Å²) in [6.07, 6.45) is -3.69. The van der Waals surface area contributed by atoms with Crippen LogP contribution in [0.4, 0.5) is 24.5 Å². The van der Waals surface area contributed by atoms with Crippen LogP contribution in [0.3, 0.4) is 0 Å². The number of carbonyl (C=O) groups is 1. The standard InChI is InChI=1S/C17H13Cl2F3N2O3S/c18-13-5-4-11(9-12(13)17(20,21)22)28(26,27)23-10-3-6-15(14(19)8-10)24-7-1-2-16(24)25/h3-6,8-9,23H,1-2,7H2. The van der Waals surface area contributed by atoms with Crippen molar-refractivity contribution in [3.05, 3.63) is 52.0 Å². The highest BCUT2D eigenvalue weighted by Crippen LogP contribution is 2.37. The minimum Gasteiger partial charge on any atom is -0.311 e. The molecule has 0 saturated carbocycles. The molecule has 1 saturated heterocycles. The van der Waals surface area contributed by atoms with Crippen LogP contribution in [-0.4, -0.2) is 20.9 Å². The molecule has 0 radical (unpaired) electrons. The van der Waals surface area contributed by atoms with Crippen LogP contribution in [0.15, 0.2) is 41.3 Å². The smallest absolute Gasteiger partial charge is 0.311 e.